The molecule has 29 heavy (non-hydrogen) atoms. The maximum Gasteiger partial charge on any atom is 0.228 e. The van der Waals surface area contributed by atoms with E-state index in [2.05, 4.69) is 34.0 Å². The quantitative estimate of drug-likeness (QED) is 0.721. The molecule has 0 spiro atoms. The van der Waals surface area contributed by atoms with Gasteiger partial charge in [0.15, 0.2) is 0 Å². The molecule has 0 aromatic carbocycles. The Morgan fingerprint density at radius 2 is 2.03 bits per heavy atom. The van der Waals surface area contributed by atoms with Crippen molar-refractivity contribution in [2.45, 2.75) is 26.7 Å². The summed E-state index contributed by atoms with van der Waals surface area (Å²) >= 11 is 0. The number of rotatable bonds is 5. The minimum absolute atomic E-state index is 0.0460. The number of pyridine rings is 2. The molecular weight excluding hydrogens is 364 g/mol. The van der Waals surface area contributed by atoms with E-state index in [1.54, 1.807) is 18.7 Å². The molecule has 1 aliphatic heterocycles. The molecule has 1 fully saturated rings. The van der Waals surface area contributed by atoms with Crippen LogP contribution in [0.5, 0.6) is 0 Å². The van der Waals surface area contributed by atoms with Crippen LogP contribution in [0.2, 0.25) is 0 Å². The third-order valence-corrected chi connectivity index (χ3v) is 5.49. The number of amides is 1. The average molecular weight is 393 g/mol. The van der Waals surface area contributed by atoms with Crippen LogP contribution in [0.1, 0.15) is 26.7 Å². The van der Waals surface area contributed by atoms with Crippen LogP contribution >= 0.6 is 0 Å². The summed E-state index contributed by atoms with van der Waals surface area (Å²) in [5.41, 5.74) is 2.60. The molecule has 7 heteroatoms. The fourth-order valence-corrected chi connectivity index (χ4v) is 3.95. The van der Waals surface area contributed by atoms with Crippen molar-refractivity contribution in [3.05, 3.63) is 36.9 Å². The zero-order chi connectivity index (χ0) is 20.4. The maximum atomic E-state index is 12.7. The number of imidazole rings is 1. The van der Waals surface area contributed by atoms with Crippen LogP contribution in [0.15, 0.2) is 36.9 Å². The maximum absolute atomic E-state index is 12.7. The van der Waals surface area contributed by atoms with Crippen LogP contribution in [0.3, 0.4) is 0 Å². The topological polar surface area (TPSA) is 75.9 Å². The van der Waals surface area contributed by atoms with Gasteiger partial charge in [0.1, 0.15) is 5.82 Å². The van der Waals surface area contributed by atoms with Crippen LogP contribution in [-0.4, -0.2) is 50.0 Å². The van der Waals surface area contributed by atoms with Crippen molar-refractivity contribution in [2.75, 3.05) is 25.0 Å². The fourth-order valence-electron chi connectivity index (χ4n) is 3.95. The summed E-state index contributed by atoms with van der Waals surface area (Å²) in [5, 5.41) is 3.94. The highest BCUT2D eigenvalue weighted by atomic mass is 16.1. The highest BCUT2D eigenvalue weighted by Gasteiger charge is 2.25. The number of fused-ring (bicyclic) bond motifs is 1. The van der Waals surface area contributed by atoms with Gasteiger partial charge in [0.25, 0.3) is 0 Å². The van der Waals surface area contributed by atoms with E-state index in [0.29, 0.717) is 11.7 Å². The van der Waals surface area contributed by atoms with E-state index in [4.69, 9.17) is 4.98 Å². The molecule has 1 N–H and O–H groups in total. The number of likely N-dealkylation sites (tertiary alicyclic amines) is 1. The molecule has 4 rings (SSSR count). The summed E-state index contributed by atoms with van der Waals surface area (Å²) in [7, 11) is 1.94. The Labute approximate surface area is 171 Å². The number of piperidine rings is 1. The van der Waals surface area contributed by atoms with Crippen LogP contribution in [0, 0.1) is 11.8 Å². The molecule has 0 aliphatic carbocycles. The lowest BCUT2D eigenvalue weighted by Gasteiger charge is -2.32. The van der Waals surface area contributed by atoms with E-state index in [1.165, 1.54) is 0 Å². The highest BCUT2D eigenvalue weighted by Crippen LogP contribution is 2.23. The van der Waals surface area contributed by atoms with E-state index in [0.717, 1.165) is 54.8 Å². The lowest BCUT2D eigenvalue weighted by Crippen LogP contribution is -2.39. The van der Waals surface area contributed by atoms with Crippen LogP contribution in [0.4, 0.5) is 5.82 Å². The molecule has 4 heterocycles. The number of hydrogen-bond donors (Lipinski definition) is 1. The summed E-state index contributed by atoms with van der Waals surface area (Å²) in [4.78, 5) is 28.5. The fraction of sp³-hybridized carbons (Fsp3) is 0.455. The first-order valence-corrected chi connectivity index (χ1v) is 10.3. The van der Waals surface area contributed by atoms with Crippen LogP contribution < -0.4 is 5.32 Å². The molecule has 1 aliphatic rings. The van der Waals surface area contributed by atoms with E-state index in [9.17, 15) is 4.79 Å². The second-order valence-corrected chi connectivity index (χ2v) is 8.31. The van der Waals surface area contributed by atoms with Gasteiger partial charge in [-0.1, -0.05) is 13.8 Å². The predicted molar refractivity (Wildman–Crippen MR) is 114 cm³/mol. The normalized spacial score (nSPS) is 15.9. The Hall–Kier alpha value is -2.80. The van der Waals surface area contributed by atoms with E-state index >= 15 is 0 Å². The molecule has 0 saturated carbocycles. The average Bonchev–Trinajstić information content (AvgIpc) is 3.13. The van der Waals surface area contributed by atoms with Crippen molar-refractivity contribution in [2.24, 2.45) is 18.9 Å². The molecule has 7 nitrogen and oxygen atoms in total. The second-order valence-electron chi connectivity index (χ2n) is 8.31. The van der Waals surface area contributed by atoms with Crippen molar-refractivity contribution >= 4 is 22.6 Å². The van der Waals surface area contributed by atoms with Crippen molar-refractivity contribution in [1.29, 1.82) is 0 Å². The van der Waals surface area contributed by atoms with Gasteiger partial charge >= 0.3 is 0 Å². The number of carbonyl (C=O) groups is 1. The standard InChI is InChI=1S/C22H28N6O/c1-15(2)13-28-8-6-16(7-9-28)22(29)26-21-10-19-17(11-24-21)4-5-18(25-19)20-12-23-14-27(20)3/h4-5,10-12,14-16H,6-9,13H2,1-3H3,(H,24,26,29). The Morgan fingerprint density at radius 1 is 1.24 bits per heavy atom. The molecular formula is C22H28N6O. The van der Waals surface area contributed by atoms with Gasteiger partial charge in [-0.05, 0) is 44.0 Å². The molecule has 0 bridgehead atoms. The molecule has 3 aromatic heterocycles. The van der Waals surface area contributed by atoms with Gasteiger partial charge in [0.05, 0.1) is 29.4 Å². The van der Waals surface area contributed by atoms with Gasteiger partial charge in [0, 0.05) is 37.2 Å². The third kappa shape index (κ3) is 4.45. The van der Waals surface area contributed by atoms with Gasteiger partial charge < -0.3 is 14.8 Å². The van der Waals surface area contributed by atoms with Gasteiger partial charge in [-0.15, -0.1) is 0 Å². The summed E-state index contributed by atoms with van der Waals surface area (Å²) in [6, 6.07) is 5.80. The van der Waals surface area contributed by atoms with Gasteiger partial charge in [-0.25, -0.2) is 15.0 Å². The molecule has 3 aromatic rings. The number of carbonyl (C=O) groups excluding carboxylic acids is 1. The number of nitrogens with zero attached hydrogens (tertiary/aromatic N) is 5. The van der Waals surface area contributed by atoms with Crippen molar-refractivity contribution in [3.63, 3.8) is 0 Å². The first-order chi connectivity index (χ1) is 14.0. The third-order valence-electron chi connectivity index (χ3n) is 5.49. The number of nitrogens with one attached hydrogen (secondary N) is 1. The summed E-state index contributed by atoms with van der Waals surface area (Å²) in [6.45, 7) is 7.54. The van der Waals surface area contributed by atoms with E-state index in [1.807, 2.05) is 29.8 Å². The molecule has 0 unspecified atom stereocenters. The minimum atomic E-state index is 0.0460. The van der Waals surface area contributed by atoms with Crippen molar-refractivity contribution < 1.29 is 4.79 Å². The SMILES string of the molecule is CC(C)CN1CCC(C(=O)Nc2cc3nc(-c4cncn4C)ccc3cn2)CC1. The van der Waals surface area contributed by atoms with Crippen molar-refractivity contribution in [1.82, 2.24) is 24.4 Å². The molecule has 1 amide bonds. The summed E-state index contributed by atoms with van der Waals surface area (Å²) in [5.74, 6) is 1.32. The van der Waals surface area contributed by atoms with Gasteiger partial charge in [-0.2, -0.15) is 0 Å². The Morgan fingerprint density at radius 3 is 2.72 bits per heavy atom. The predicted octanol–water partition coefficient (Wildman–Crippen LogP) is 3.34. The van der Waals surface area contributed by atoms with Gasteiger partial charge in [0.2, 0.25) is 5.91 Å². The molecule has 0 atom stereocenters. The lowest BCUT2D eigenvalue weighted by atomic mass is 9.95. The lowest BCUT2D eigenvalue weighted by molar-refractivity contribution is -0.121. The van der Waals surface area contributed by atoms with Crippen molar-refractivity contribution in [3.8, 4) is 11.4 Å². The zero-order valence-corrected chi connectivity index (χ0v) is 17.3. The second kappa shape index (κ2) is 8.29. The van der Waals surface area contributed by atoms with E-state index in [-0.39, 0.29) is 11.8 Å². The Balaban J connectivity index is 1.45. The number of hydrogen-bond acceptors (Lipinski definition) is 5. The number of anilines is 1. The first-order valence-electron chi connectivity index (χ1n) is 10.3. The summed E-state index contributed by atoms with van der Waals surface area (Å²) in [6.07, 6.45) is 7.11. The number of aromatic nitrogens is 4. The largest absolute Gasteiger partial charge is 0.332 e. The van der Waals surface area contributed by atoms with Gasteiger partial charge in [-0.3, -0.25) is 4.79 Å². The Bertz CT molecular complexity index is 1000. The monoisotopic (exact) mass is 392 g/mol. The van der Waals surface area contributed by atoms with Crippen LogP contribution in [0.25, 0.3) is 22.3 Å². The molecule has 1 saturated heterocycles. The Kier molecular flexibility index (Phi) is 5.58. The molecule has 152 valence electrons. The zero-order valence-electron chi connectivity index (χ0n) is 17.3. The number of aryl methyl sites for hydroxylation is 1. The first kappa shape index (κ1) is 19.5. The summed E-state index contributed by atoms with van der Waals surface area (Å²) < 4.78 is 1.93. The smallest absolute Gasteiger partial charge is 0.228 e. The minimum Gasteiger partial charge on any atom is -0.332 e. The highest BCUT2D eigenvalue weighted by molar-refractivity contribution is 5.93. The van der Waals surface area contributed by atoms with Crippen LogP contribution in [-0.2, 0) is 11.8 Å². The molecule has 0 radical (unpaired) electrons. The van der Waals surface area contributed by atoms with E-state index < -0.39 is 0 Å².